The number of carbonyl (C=O) groups is 1. The van der Waals surface area contributed by atoms with E-state index in [0.717, 1.165) is 5.56 Å². The Balaban J connectivity index is 2.18. The Kier molecular flexibility index (Phi) is 2.07. The maximum atomic E-state index is 10.8. The molecular formula is C10H8N2O2. The van der Waals surface area contributed by atoms with Crippen LogP contribution in [0, 0.1) is 11.3 Å². The van der Waals surface area contributed by atoms with Crippen LogP contribution in [0.3, 0.4) is 0 Å². The van der Waals surface area contributed by atoms with Crippen LogP contribution in [0.5, 0.6) is 0 Å². The van der Waals surface area contributed by atoms with Gasteiger partial charge in [-0.2, -0.15) is 5.26 Å². The van der Waals surface area contributed by atoms with E-state index in [1.807, 2.05) is 18.2 Å². The summed E-state index contributed by atoms with van der Waals surface area (Å²) in [4.78, 5) is 10.8. The third kappa shape index (κ3) is 1.52. The van der Waals surface area contributed by atoms with Crippen LogP contribution in [0.1, 0.15) is 17.2 Å². The number of ether oxygens (including phenoxy) is 1. The highest BCUT2D eigenvalue weighted by Crippen LogP contribution is 2.18. The van der Waals surface area contributed by atoms with Crippen molar-refractivity contribution in [1.82, 2.24) is 5.32 Å². The van der Waals surface area contributed by atoms with Gasteiger partial charge in [0.25, 0.3) is 0 Å². The molecule has 1 amide bonds. The first kappa shape index (κ1) is 8.57. The molecule has 4 heteroatoms. The molecule has 0 saturated carbocycles. The molecule has 1 N–H and O–H groups in total. The molecule has 1 atom stereocenters. The number of nitrogens with zero attached hydrogens (tertiary/aromatic N) is 1. The predicted octanol–water partition coefficient (Wildman–Crippen LogP) is 1.34. The van der Waals surface area contributed by atoms with Gasteiger partial charge in [-0.3, -0.25) is 0 Å². The Bertz CT molecular complexity index is 392. The quantitative estimate of drug-likeness (QED) is 0.723. The Hall–Kier alpha value is -2.02. The third-order valence-electron chi connectivity index (χ3n) is 2.12. The van der Waals surface area contributed by atoms with Gasteiger partial charge in [-0.25, -0.2) is 4.79 Å². The molecule has 2 rings (SSSR count). The molecule has 1 aromatic rings. The highest BCUT2D eigenvalue weighted by atomic mass is 16.6. The van der Waals surface area contributed by atoms with Crippen LogP contribution >= 0.6 is 0 Å². The van der Waals surface area contributed by atoms with E-state index in [1.54, 1.807) is 12.1 Å². The molecular weight excluding hydrogens is 180 g/mol. The third-order valence-corrected chi connectivity index (χ3v) is 2.12. The summed E-state index contributed by atoms with van der Waals surface area (Å²) in [5, 5.41) is 11.3. The summed E-state index contributed by atoms with van der Waals surface area (Å²) in [5.74, 6) is 0. The molecule has 1 heterocycles. The molecule has 0 aliphatic carbocycles. The molecule has 0 bridgehead atoms. The molecule has 0 radical (unpaired) electrons. The molecule has 1 aliphatic heterocycles. The molecule has 0 aromatic heterocycles. The van der Waals surface area contributed by atoms with Gasteiger partial charge in [-0.05, 0) is 17.7 Å². The number of amides is 1. The minimum absolute atomic E-state index is 0.0877. The molecule has 1 saturated heterocycles. The van der Waals surface area contributed by atoms with E-state index in [2.05, 4.69) is 5.32 Å². The van der Waals surface area contributed by atoms with Gasteiger partial charge in [0, 0.05) is 0 Å². The van der Waals surface area contributed by atoms with Crippen LogP contribution < -0.4 is 5.32 Å². The van der Waals surface area contributed by atoms with Crippen LogP contribution in [0.4, 0.5) is 4.79 Å². The van der Waals surface area contributed by atoms with E-state index < -0.39 is 0 Å². The summed E-state index contributed by atoms with van der Waals surface area (Å²) in [6.45, 7) is 0.352. The predicted molar refractivity (Wildman–Crippen MR) is 48.4 cm³/mol. The van der Waals surface area contributed by atoms with Crippen LogP contribution in [0.25, 0.3) is 0 Å². The molecule has 0 unspecified atom stereocenters. The Morgan fingerprint density at radius 3 is 2.64 bits per heavy atom. The maximum absolute atomic E-state index is 10.8. The van der Waals surface area contributed by atoms with E-state index in [1.165, 1.54) is 0 Å². The second-order valence-electron chi connectivity index (χ2n) is 3.03. The van der Waals surface area contributed by atoms with Crippen LogP contribution in [0.2, 0.25) is 0 Å². The van der Waals surface area contributed by atoms with Gasteiger partial charge in [0.1, 0.15) is 6.61 Å². The normalized spacial score (nSPS) is 19.6. The molecule has 70 valence electrons. The SMILES string of the molecule is N#Cc1ccc([C@H]2COC(=O)N2)cc1. The lowest BCUT2D eigenvalue weighted by Crippen LogP contribution is -2.18. The second kappa shape index (κ2) is 3.38. The van der Waals surface area contributed by atoms with Gasteiger partial charge in [0.2, 0.25) is 0 Å². The van der Waals surface area contributed by atoms with Gasteiger partial charge in [-0.1, -0.05) is 12.1 Å². The largest absolute Gasteiger partial charge is 0.447 e. The minimum Gasteiger partial charge on any atom is -0.447 e. The monoisotopic (exact) mass is 188 g/mol. The molecule has 1 aromatic carbocycles. The van der Waals surface area contributed by atoms with Crippen molar-refractivity contribution >= 4 is 6.09 Å². The first-order valence-corrected chi connectivity index (χ1v) is 4.23. The first-order chi connectivity index (χ1) is 6.79. The van der Waals surface area contributed by atoms with E-state index in [-0.39, 0.29) is 12.1 Å². The number of benzene rings is 1. The summed E-state index contributed by atoms with van der Waals surface area (Å²) < 4.78 is 4.76. The number of nitriles is 1. The zero-order chi connectivity index (χ0) is 9.97. The van der Waals surface area contributed by atoms with Crippen molar-refractivity contribution in [2.75, 3.05) is 6.61 Å². The number of carbonyl (C=O) groups excluding carboxylic acids is 1. The van der Waals surface area contributed by atoms with E-state index in [4.69, 9.17) is 10.00 Å². The Morgan fingerprint density at radius 1 is 1.43 bits per heavy atom. The number of cyclic esters (lactones) is 1. The fraction of sp³-hybridized carbons (Fsp3) is 0.200. The van der Waals surface area contributed by atoms with Crippen LogP contribution in [-0.4, -0.2) is 12.7 Å². The smallest absolute Gasteiger partial charge is 0.407 e. The molecule has 4 nitrogen and oxygen atoms in total. The summed E-state index contributed by atoms with van der Waals surface area (Å²) in [6.07, 6.45) is -0.389. The fourth-order valence-corrected chi connectivity index (χ4v) is 1.35. The highest BCUT2D eigenvalue weighted by Gasteiger charge is 2.23. The summed E-state index contributed by atoms with van der Waals surface area (Å²) >= 11 is 0. The lowest BCUT2D eigenvalue weighted by molar-refractivity contribution is 0.177. The second-order valence-corrected chi connectivity index (χ2v) is 3.03. The average Bonchev–Trinajstić information content (AvgIpc) is 2.65. The summed E-state index contributed by atoms with van der Waals surface area (Å²) in [6, 6.07) is 9.03. The van der Waals surface area contributed by atoms with Crippen molar-refractivity contribution < 1.29 is 9.53 Å². The van der Waals surface area contributed by atoms with E-state index in [9.17, 15) is 4.79 Å². The lowest BCUT2D eigenvalue weighted by atomic mass is 10.1. The zero-order valence-electron chi connectivity index (χ0n) is 7.36. The van der Waals surface area contributed by atoms with Gasteiger partial charge in [-0.15, -0.1) is 0 Å². The highest BCUT2D eigenvalue weighted by molar-refractivity contribution is 5.70. The lowest BCUT2D eigenvalue weighted by Gasteiger charge is -2.06. The minimum atomic E-state index is -0.389. The van der Waals surface area contributed by atoms with Crippen LogP contribution in [0.15, 0.2) is 24.3 Å². The Labute approximate surface area is 81.1 Å². The van der Waals surface area contributed by atoms with Crippen molar-refractivity contribution in [3.63, 3.8) is 0 Å². The van der Waals surface area contributed by atoms with Crippen LogP contribution in [-0.2, 0) is 4.74 Å². The maximum Gasteiger partial charge on any atom is 0.407 e. The summed E-state index contributed by atoms with van der Waals surface area (Å²) in [5.41, 5.74) is 1.56. The van der Waals surface area contributed by atoms with Gasteiger partial charge in [0.15, 0.2) is 0 Å². The topological polar surface area (TPSA) is 62.1 Å². The number of alkyl carbamates (subject to hydrolysis) is 1. The van der Waals surface area contributed by atoms with Crippen molar-refractivity contribution in [3.05, 3.63) is 35.4 Å². The first-order valence-electron chi connectivity index (χ1n) is 4.23. The van der Waals surface area contributed by atoms with Crippen molar-refractivity contribution in [2.45, 2.75) is 6.04 Å². The molecule has 14 heavy (non-hydrogen) atoms. The van der Waals surface area contributed by atoms with Gasteiger partial charge < -0.3 is 10.1 Å². The zero-order valence-corrected chi connectivity index (χ0v) is 7.36. The number of hydrogen-bond acceptors (Lipinski definition) is 3. The molecule has 1 fully saturated rings. The van der Waals surface area contributed by atoms with E-state index >= 15 is 0 Å². The van der Waals surface area contributed by atoms with Gasteiger partial charge >= 0.3 is 6.09 Å². The number of nitrogens with one attached hydrogen (secondary N) is 1. The number of rotatable bonds is 1. The fourth-order valence-electron chi connectivity index (χ4n) is 1.35. The standard InChI is InChI=1S/C10H8N2O2/c11-5-7-1-3-8(4-2-7)9-6-14-10(13)12-9/h1-4,9H,6H2,(H,12,13)/t9-/m1/s1. The summed E-state index contributed by atoms with van der Waals surface area (Å²) in [7, 11) is 0. The molecule has 0 spiro atoms. The van der Waals surface area contributed by atoms with Crippen molar-refractivity contribution in [1.29, 1.82) is 5.26 Å². The average molecular weight is 188 g/mol. The number of hydrogen-bond donors (Lipinski definition) is 1. The van der Waals surface area contributed by atoms with Gasteiger partial charge in [0.05, 0.1) is 17.7 Å². The van der Waals surface area contributed by atoms with Crippen molar-refractivity contribution in [3.8, 4) is 6.07 Å². The Morgan fingerprint density at radius 2 is 2.14 bits per heavy atom. The van der Waals surface area contributed by atoms with Crippen molar-refractivity contribution in [2.24, 2.45) is 0 Å². The van der Waals surface area contributed by atoms with E-state index in [0.29, 0.717) is 12.2 Å². The molecule has 1 aliphatic rings.